The van der Waals surface area contributed by atoms with Gasteiger partial charge in [-0.15, -0.1) is 4.73 Å². The molecule has 90 valence electrons. The lowest BCUT2D eigenvalue weighted by atomic mass is 10.5. The first-order valence-corrected chi connectivity index (χ1v) is 5.82. The summed E-state index contributed by atoms with van der Waals surface area (Å²) in [5, 5.41) is 22.9. The van der Waals surface area contributed by atoms with Crippen LogP contribution >= 0.6 is 0 Å². The van der Waals surface area contributed by atoms with Gasteiger partial charge in [-0.1, -0.05) is 0 Å². The Hall–Kier alpha value is -1.74. The van der Waals surface area contributed by atoms with E-state index in [-0.39, 0.29) is 0 Å². The topological polar surface area (TPSA) is 132 Å². The van der Waals surface area contributed by atoms with Crippen LogP contribution in [0.25, 0.3) is 0 Å². The molecule has 1 aromatic heterocycles. The molecule has 8 nitrogen and oxygen atoms in total. The van der Waals surface area contributed by atoms with E-state index < -0.39 is 39.9 Å². The van der Waals surface area contributed by atoms with Gasteiger partial charge in [-0.2, -0.15) is 0 Å². The molecule has 4 N–H and O–H groups in total. The van der Waals surface area contributed by atoms with Crippen LogP contribution in [0.15, 0.2) is 12.1 Å². The fraction of sp³-hybridized carbons (Fsp3) is 0.286. The molecule has 0 saturated carbocycles. The lowest BCUT2D eigenvalue weighted by molar-refractivity contribution is -0.144. The largest absolute Gasteiger partial charge is 0.492 e. The van der Waals surface area contributed by atoms with Crippen molar-refractivity contribution in [1.82, 2.24) is 4.73 Å². The molecule has 0 aliphatic carbocycles. The highest BCUT2D eigenvalue weighted by molar-refractivity contribution is 7.89. The number of primary sulfonamides is 1. The summed E-state index contributed by atoms with van der Waals surface area (Å²) in [5.74, 6) is -2.49. The summed E-state index contributed by atoms with van der Waals surface area (Å²) in [4.78, 5) is 15.5. The Morgan fingerprint density at radius 2 is 1.88 bits per heavy atom. The Kier molecular flexibility index (Phi) is 3.40. The van der Waals surface area contributed by atoms with E-state index in [4.69, 9.17) is 10.2 Å². The van der Waals surface area contributed by atoms with E-state index in [1.807, 2.05) is 0 Å². The maximum Gasteiger partial charge on any atom is 0.334 e. The van der Waals surface area contributed by atoms with Gasteiger partial charge in [0.1, 0.15) is 0 Å². The molecule has 0 atom stereocenters. The van der Waals surface area contributed by atoms with Crippen LogP contribution in [0.4, 0.5) is 0 Å². The molecule has 0 aliphatic heterocycles. The maximum absolute atomic E-state index is 11.1. The summed E-state index contributed by atoms with van der Waals surface area (Å²) in [6, 6.07) is 2.20. The zero-order valence-corrected chi connectivity index (χ0v) is 8.85. The van der Waals surface area contributed by atoms with Crippen LogP contribution in [0.1, 0.15) is 6.42 Å². The number of nitrogens with two attached hydrogens (primary N) is 1. The van der Waals surface area contributed by atoms with Gasteiger partial charge in [-0.3, -0.25) is 0 Å². The quantitative estimate of drug-likeness (QED) is 0.598. The van der Waals surface area contributed by atoms with E-state index in [0.717, 1.165) is 12.1 Å². The molecule has 0 aromatic carbocycles. The van der Waals surface area contributed by atoms with Gasteiger partial charge in [0.25, 0.3) is 0 Å². The van der Waals surface area contributed by atoms with E-state index in [9.17, 15) is 13.2 Å². The average molecular weight is 250 g/mol. The summed E-state index contributed by atoms with van der Waals surface area (Å²) in [6.45, 7) is 0. The second kappa shape index (κ2) is 4.41. The van der Waals surface area contributed by atoms with Crippen molar-refractivity contribution in [3.63, 3.8) is 0 Å². The number of carbonyl (C=O) groups excluding carboxylic acids is 1. The second-order valence-electron chi connectivity index (χ2n) is 2.92. The number of hydrogen-bond acceptors (Lipinski definition) is 6. The van der Waals surface area contributed by atoms with Crippen LogP contribution in [-0.2, 0) is 14.8 Å². The Morgan fingerprint density at radius 3 is 2.31 bits per heavy atom. The number of carbonyl (C=O) groups is 1. The SMILES string of the molecule is NS(=O)(=O)CCC(=O)On1c(O)ccc1O. The first-order chi connectivity index (χ1) is 7.29. The molecule has 16 heavy (non-hydrogen) atoms. The third-order valence-corrected chi connectivity index (χ3v) is 2.35. The molecule has 0 aliphatic rings. The van der Waals surface area contributed by atoms with Crippen molar-refractivity contribution < 1.29 is 28.3 Å². The molecule has 1 aromatic rings. The van der Waals surface area contributed by atoms with Gasteiger partial charge in [0.2, 0.25) is 21.8 Å². The average Bonchev–Trinajstić information content (AvgIpc) is 2.45. The Balaban J connectivity index is 2.59. The highest BCUT2D eigenvalue weighted by Crippen LogP contribution is 2.18. The van der Waals surface area contributed by atoms with Crippen LogP contribution in [0.3, 0.4) is 0 Å². The number of nitrogens with zero attached hydrogens (tertiary/aromatic N) is 1. The second-order valence-corrected chi connectivity index (χ2v) is 4.66. The van der Waals surface area contributed by atoms with E-state index in [1.54, 1.807) is 0 Å². The standard InChI is InChI=1S/C7H10N2O6S/c8-16(13,14)4-3-7(12)15-9-5(10)1-2-6(9)11/h1-2,10-11H,3-4H2,(H2,8,13,14). The molecular weight excluding hydrogens is 240 g/mol. The van der Waals surface area contributed by atoms with Crippen LogP contribution in [0.2, 0.25) is 0 Å². The summed E-state index contributed by atoms with van der Waals surface area (Å²) in [6.07, 6.45) is -0.476. The van der Waals surface area contributed by atoms with Gasteiger partial charge in [0, 0.05) is 12.1 Å². The molecule has 0 saturated heterocycles. The van der Waals surface area contributed by atoms with Crippen molar-refractivity contribution >= 4 is 16.0 Å². The summed E-state index contributed by atoms with van der Waals surface area (Å²) in [7, 11) is -3.75. The highest BCUT2D eigenvalue weighted by Gasteiger charge is 2.14. The summed E-state index contributed by atoms with van der Waals surface area (Å²) >= 11 is 0. The van der Waals surface area contributed by atoms with E-state index in [2.05, 4.69) is 9.98 Å². The normalized spacial score (nSPS) is 11.3. The minimum atomic E-state index is -3.75. The van der Waals surface area contributed by atoms with Crippen LogP contribution in [-0.4, -0.2) is 35.1 Å². The van der Waals surface area contributed by atoms with Crippen LogP contribution in [0.5, 0.6) is 11.8 Å². The van der Waals surface area contributed by atoms with E-state index in [0.29, 0.717) is 4.73 Å². The lowest BCUT2D eigenvalue weighted by Gasteiger charge is -2.05. The van der Waals surface area contributed by atoms with E-state index in [1.165, 1.54) is 0 Å². The van der Waals surface area contributed by atoms with Crippen LogP contribution < -0.4 is 9.98 Å². The molecule has 1 heterocycles. The molecule has 0 spiro atoms. The maximum atomic E-state index is 11.1. The monoisotopic (exact) mass is 250 g/mol. The molecule has 0 bridgehead atoms. The van der Waals surface area contributed by atoms with Crippen molar-refractivity contribution in [2.24, 2.45) is 5.14 Å². The van der Waals surface area contributed by atoms with Crippen molar-refractivity contribution in [3.8, 4) is 11.8 Å². The molecule has 9 heteroatoms. The van der Waals surface area contributed by atoms with Gasteiger partial charge in [-0.05, 0) is 0 Å². The van der Waals surface area contributed by atoms with Gasteiger partial charge >= 0.3 is 5.97 Å². The first-order valence-electron chi connectivity index (χ1n) is 4.11. The van der Waals surface area contributed by atoms with Crippen LogP contribution in [0, 0.1) is 0 Å². The predicted octanol–water partition coefficient (Wildman–Crippen LogP) is -1.47. The van der Waals surface area contributed by atoms with Crippen molar-refractivity contribution in [2.75, 3.05) is 5.75 Å². The Labute approximate surface area is 90.9 Å². The molecule has 0 radical (unpaired) electrons. The smallest absolute Gasteiger partial charge is 0.334 e. The Bertz CT molecular complexity index is 471. The third kappa shape index (κ3) is 3.44. The Morgan fingerprint density at radius 1 is 1.38 bits per heavy atom. The molecular formula is C7H10N2O6S. The third-order valence-electron chi connectivity index (χ3n) is 1.58. The number of aromatic hydroxyl groups is 2. The number of hydrogen-bond donors (Lipinski definition) is 3. The first kappa shape index (κ1) is 12.3. The minimum absolute atomic E-state index is 0.464. The minimum Gasteiger partial charge on any atom is -0.492 e. The molecule has 0 amide bonds. The highest BCUT2D eigenvalue weighted by atomic mass is 32.2. The number of sulfonamides is 1. The zero-order chi connectivity index (χ0) is 12.3. The van der Waals surface area contributed by atoms with E-state index >= 15 is 0 Å². The summed E-state index contributed by atoms with van der Waals surface area (Å²) < 4.78 is 21.5. The van der Waals surface area contributed by atoms with Gasteiger partial charge in [0.05, 0.1) is 12.2 Å². The number of rotatable bonds is 4. The molecule has 1 rings (SSSR count). The lowest BCUT2D eigenvalue weighted by Crippen LogP contribution is -2.24. The molecule has 0 unspecified atom stereocenters. The predicted molar refractivity (Wildman–Crippen MR) is 51.9 cm³/mol. The fourth-order valence-corrected chi connectivity index (χ4v) is 1.32. The van der Waals surface area contributed by atoms with Crippen molar-refractivity contribution in [3.05, 3.63) is 12.1 Å². The number of aromatic nitrogens is 1. The summed E-state index contributed by atoms with van der Waals surface area (Å²) in [5.41, 5.74) is 0. The molecule has 0 fully saturated rings. The van der Waals surface area contributed by atoms with Crippen molar-refractivity contribution in [1.29, 1.82) is 0 Å². The zero-order valence-electron chi connectivity index (χ0n) is 8.03. The fourth-order valence-electron chi connectivity index (χ4n) is 0.868. The van der Waals surface area contributed by atoms with Gasteiger partial charge in [-0.25, -0.2) is 18.4 Å². The van der Waals surface area contributed by atoms with Crippen molar-refractivity contribution in [2.45, 2.75) is 6.42 Å². The van der Waals surface area contributed by atoms with Gasteiger partial charge < -0.3 is 15.1 Å². The van der Waals surface area contributed by atoms with Gasteiger partial charge in [0.15, 0.2) is 0 Å².